The number of carbonyl (C=O) groups is 3. The second kappa shape index (κ2) is 62.6. The van der Waals surface area contributed by atoms with Gasteiger partial charge in [-0.1, -0.05) is 293 Å². The Morgan fingerprint density at radius 3 is 0.851 bits per heavy atom. The summed E-state index contributed by atoms with van der Waals surface area (Å²) in [5, 5.41) is 0. The van der Waals surface area contributed by atoms with Crippen molar-refractivity contribution in [1.29, 1.82) is 0 Å². The molecule has 0 saturated carbocycles. The minimum Gasteiger partial charge on any atom is -0.462 e. The van der Waals surface area contributed by atoms with E-state index in [4.69, 9.17) is 14.2 Å². The highest BCUT2D eigenvalue weighted by molar-refractivity contribution is 5.71. The molecule has 0 aliphatic carbocycles. The monoisotopic (exact) mass is 1030 g/mol. The molecule has 0 aliphatic rings. The van der Waals surface area contributed by atoms with Gasteiger partial charge in [0, 0.05) is 19.3 Å². The number of rotatable bonds is 59. The Morgan fingerprint density at radius 1 is 0.284 bits per heavy atom. The smallest absolute Gasteiger partial charge is 0.306 e. The minimum absolute atomic E-state index is 0.0839. The van der Waals surface area contributed by atoms with E-state index in [2.05, 4.69) is 81.5 Å². The first-order valence-corrected chi connectivity index (χ1v) is 32.3. The summed E-state index contributed by atoms with van der Waals surface area (Å²) in [4.78, 5) is 38.3. The van der Waals surface area contributed by atoms with Crippen LogP contribution in [0.15, 0.2) is 60.8 Å². The van der Waals surface area contributed by atoms with E-state index in [0.717, 1.165) is 103 Å². The van der Waals surface area contributed by atoms with Gasteiger partial charge < -0.3 is 14.2 Å². The lowest BCUT2D eigenvalue weighted by molar-refractivity contribution is -0.167. The number of hydrogen-bond donors (Lipinski definition) is 0. The molecule has 0 saturated heterocycles. The lowest BCUT2D eigenvalue weighted by atomic mass is 10.0. The highest BCUT2D eigenvalue weighted by atomic mass is 16.6. The molecule has 1 atom stereocenters. The van der Waals surface area contributed by atoms with Gasteiger partial charge in [-0.3, -0.25) is 14.4 Å². The van der Waals surface area contributed by atoms with E-state index in [9.17, 15) is 14.4 Å². The van der Waals surface area contributed by atoms with Crippen molar-refractivity contribution in [3.05, 3.63) is 60.8 Å². The van der Waals surface area contributed by atoms with Crippen molar-refractivity contribution in [3.63, 3.8) is 0 Å². The fourth-order valence-corrected chi connectivity index (χ4v) is 9.43. The summed E-state index contributed by atoms with van der Waals surface area (Å²) in [6, 6.07) is 0. The van der Waals surface area contributed by atoms with Crippen molar-refractivity contribution in [2.45, 2.75) is 341 Å². The van der Waals surface area contributed by atoms with Crippen LogP contribution < -0.4 is 0 Å². The van der Waals surface area contributed by atoms with E-state index in [1.165, 1.54) is 193 Å². The molecule has 6 heteroatoms. The van der Waals surface area contributed by atoms with Crippen molar-refractivity contribution in [2.24, 2.45) is 0 Å². The van der Waals surface area contributed by atoms with Crippen LogP contribution >= 0.6 is 0 Å². The zero-order valence-electron chi connectivity index (χ0n) is 49.4. The van der Waals surface area contributed by atoms with Gasteiger partial charge >= 0.3 is 17.9 Å². The average molecular weight is 1040 g/mol. The van der Waals surface area contributed by atoms with Crippen LogP contribution in [0.1, 0.15) is 335 Å². The summed E-state index contributed by atoms with van der Waals surface area (Å²) in [5.41, 5.74) is 0. The number of unbranched alkanes of at least 4 members (excludes halogenated alkanes) is 38. The zero-order valence-corrected chi connectivity index (χ0v) is 49.4. The summed E-state index contributed by atoms with van der Waals surface area (Å²) in [6.07, 6.45) is 79.6. The average Bonchev–Trinajstić information content (AvgIpc) is 3.40. The van der Waals surface area contributed by atoms with Crippen LogP contribution in [0.25, 0.3) is 0 Å². The molecule has 0 aliphatic heterocycles. The molecule has 0 rings (SSSR count). The van der Waals surface area contributed by atoms with Crippen LogP contribution in [0, 0.1) is 0 Å². The maximum atomic E-state index is 12.9. The molecule has 0 heterocycles. The molecule has 0 N–H and O–H groups in total. The lowest BCUT2D eigenvalue weighted by Crippen LogP contribution is -2.30. The predicted molar refractivity (Wildman–Crippen MR) is 321 cm³/mol. The third-order valence-corrected chi connectivity index (χ3v) is 14.3. The van der Waals surface area contributed by atoms with Gasteiger partial charge in [-0.25, -0.2) is 0 Å². The van der Waals surface area contributed by atoms with Crippen LogP contribution in [0.4, 0.5) is 0 Å². The second-order valence-electron chi connectivity index (χ2n) is 21.6. The first-order valence-electron chi connectivity index (χ1n) is 32.3. The Labute approximate surface area is 460 Å². The maximum absolute atomic E-state index is 12.9. The van der Waals surface area contributed by atoms with Crippen molar-refractivity contribution in [1.82, 2.24) is 0 Å². The molecule has 0 aromatic rings. The number of hydrogen-bond acceptors (Lipinski definition) is 6. The molecule has 74 heavy (non-hydrogen) atoms. The molecule has 0 aromatic heterocycles. The Morgan fingerprint density at radius 2 is 0.527 bits per heavy atom. The first-order chi connectivity index (χ1) is 36.5. The summed E-state index contributed by atoms with van der Waals surface area (Å²) in [5.74, 6) is -0.901. The molecular weight excluding hydrogens is 913 g/mol. The molecule has 0 amide bonds. The van der Waals surface area contributed by atoms with Gasteiger partial charge in [-0.05, 0) is 83.5 Å². The predicted octanol–water partition coefficient (Wildman–Crippen LogP) is 21.9. The molecule has 0 radical (unpaired) electrons. The van der Waals surface area contributed by atoms with E-state index in [-0.39, 0.29) is 31.1 Å². The molecule has 430 valence electrons. The number of allylic oxidation sites excluding steroid dienone is 10. The summed E-state index contributed by atoms with van der Waals surface area (Å²) in [7, 11) is 0. The van der Waals surface area contributed by atoms with Crippen molar-refractivity contribution < 1.29 is 28.6 Å². The normalized spacial score (nSPS) is 12.4. The van der Waals surface area contributed by atoms with Gasteiger partial charge in [0.05, 0.1) is 0 Å². The van der Waals surface area contributed by atoms with Crippen molar-refractivity contribution >= 4 is 17.9 Å². The van der Waals surface area contributed by atoms with Crippen LogP contribution in [-0.2, 0) is 28.6 Å². The third-order valence-electron chi connectivity index (χ3n) is 14.3. The van der Waals surface area contributed by atoms with Crippen molar-refractivity contribution in [3.8, 4) is 0 Å². The fraction of sp³-hybridized carbons (Fsp3) is 0.809. The first kappa shape index (κ1) is 71.1. The van der Waals surface area contributed by atoms with E-state index < -0.39 is 6.10 Å². The van der Waals surface area contributed by atoms with Gasteiger partial charge in [0.1, 0.15) is 13.2 Å². The maximum Gasteiger partial charge on any atom is 0.306 e. The summed E-state index contributed by atoms with van der Waals surface area (Å²) in [6.45, 7) is 6.53. The molecule has 6 nitrogen and oxygen atoms in total. The molecule has 0 bridgehead atoms. The topological polar surface area (TPSA) is 78.9 Å². The van der Waals surface area contributed by atoms with E-state index in [1.807, 2.05) is 0 Å². The van der Waals surface area contributed by atoms with Gasteiger partial charge in [-0.2, -0.15) is 0 Å². The molecular formula is C68H122O6. The van der Waals surface area contributed by atoms with Crippen LogP contribution in [-0.4, -0.2) is 37.2 Å². The van der Waals surface area contributed by atoms with Gasteiger partial charge in [0.15, 0.2) is 6.10 Å². The molecule has 0 spiro atoms. The Bertz CT molecular complexity index is 1330. The number of esters is 3. The summed E-state index contributed by atoms with van der Waals surface area (Å²) >= 11 is 0. The Hall–Kier alpha value is -2.89. The minimum atomic E-state index is -0.790. The highest BCUT2D eigenvalue weighted by Gasteiger charge is 2.19. The van der Waals surface area contributed by atoms with Crippen LogP contribution in [0.2, 0.25) is 0 Å². The largest absolute Gasteiger partial charge is 0.462 e. The van der Waals surface area contributed by atoms with E-state index in [1.54, 1.807) is 0 Å². The fourth-order valence-electron chi connectivity index (χ4n) is 9.43. The van der Waals surface area contributed by atoms with Gasteiger partial charge in [0.2, 0.25) is 0 Å². The number of ether oxygens (including phenoxy) is 3. The SMILES string of the molecule is CC/C=C\C/C=C\C/C=C\C/C=C\CCCCCCC(=O)OC(COC(=O)CCCCCCC/C=C\CCCCCC)COC(=O)CCCCCCCCCCCCCCCCCCCCCCCCCCCC. The van der Waals surface area contributed by atoms with Crippen molar-refractivity contribution in [2.75, 3.05) is 13.2 Å². The Kier molecular flexibility index (Phi) is 60.2. The standard InChI is InChI=1S/C68H122O6/c1-4-7-10-13-16-19-22-25-27-29-30-31-32-33-34-35-36-37-39-40-43-46-49-52-55-58-61-67(70)73-64-65(63-72-66(69)60-57-54-51-48-45-42-24-21-18-15-12-9-6-3)74-68(71)62-59-56-53-50-47-44-41-38-28-26-23-20-17-14-11-8-5-2/h8,11,17,20-21,24,26,28,41,44,65H,4-7,9-10,12-16,18-19,22-23,25,27,29-40,42-43,45-64H2,1-3H3/b11-8-,20-17-,24-21-,28-26-,44-41-. The Balaban J connectivity index is 4.26. The van der Waals surface area contributed by atoms with Gasteiger partial charge in [-0.15, -0.1) is 0 Å². The number of carbonyl (C=O) groups excluding carboxylic acids is 3. The summed E-state index contributed by atoms with van der Waals surface area (Å²) < 4.78 is 16.9. The molecule has 0 fully saturated rings. The van der Waals surface area contributed by atoms with Crippen LogP contribution in [0.5, 0.6) is 0 Å². The van der Waals surface area contributed by atoms with E-state index in [0.29, 0.717) is 19.3 Å². The quantitative estimate of drug-likeness (QED) is 0.0261. The van der Waals surface area contributed by atoms with E-state index >= 15 is 0 Å². The van der Waals surface area contributed by atoms with Crippen LogP contribution in [0.3, 0.4) is 0 Å². The zero-order chi connectivity index (χ0) is 53.6. The third kappa shape index (κ3) is 60.0. The molecule has 0 aromatic carbocycles. The second-order valence-corrected chi connectivity index (χ2v) is 21.6. The lowest BCUT2D eigenvalue weighted by Gasteiger charge is -2.18. The highest BCUT2D eigenvalue weighted by Crippen LogP contribution is 2.17. The van der Waals surface area contributed by atoms with Gasteiger partial charge in [0.25, 0.3) is 0 Å². The molecule has 1 unspecified atom stereocenters.